The van der Waals surface area contributed by atoms with Gasteiger partial charge in [-0.25, -0.2) is 4.68 Å². The second-order valence-electron chi connectivity index (χ2n) is 11.5. The number of hydrogen-bond donors (Lipinski definition) is 2. The molecule has 1 heterocycles. The third kappa shape index (κ3) is 6.19. The van der Waals surface area contributed by atoms with E-state index >= 15 is 0 Å². The van der Waals surface area contributed by atoms with Crippen LogP contribution in [0.1, 0.15) is 101 Å². The van der Waals surface area contributed by atoms with Crippen molar-refractivity contribution in [1.29, 1.82) is 0 Å². The third-order valence-corrected chi connectivity index (χ3v) is 7.03. The van der Waals surface area contributed by atoms with Gasteiger partial charge in [0.05, 0.1) is 23.0 Å². The van der Waals surface area contributed by atoms with Gasteiger partial charge in [0, 0.05) is 6.54 Å². The molecule has 33 heavy (non-hydrogen) atoms. The van der Waals surface area contributed by atoms with E-state index in [2.05, 4.69) is 65.1 Å². The molecule has 1 aliphatic carbocycles. The van der Waals surface area contributed by atoms with Gasteiger partial charge in [0.2, 0.25) is 0 Å². The molecule has 0 bridgehead atoms. The molecule has 1 aromatic carbocycles. The highest BCUT2D eigenvalue weighted by molar-refractivity contribution is 6.34. The quantitative estimate of drug-likeness (QED) is 0.543. The average Bonchev–Trinajstić information content (AvgIpc) is 3.07. The molecule has 0 atom stereocenters. The number of carbonyl (C=O) groups excluding carboxylic acids is 1. The van der Waals surface area contributed by atoms with Crippen molar-refractivity contribution < 1.29 is 9.90 Å². The van der Waals surface area contributed by atoms with Gasteiger partial charge >= 0.3 is 0 Å². The van der Waals surface area contributed by atoms with Crippen LogP contribution in [0.3, 0.4) is 0 Å². The number of aromatic nitrogens is 2. The third-order valence-electron chi connectivity index (χ3n) is 6.63. The number of rotatable bonds is 6. The monoisotopic (exact) mass is 473 g/mol. The molecule has 0 radical (unpaired) electrons. The number of aliphatic hydroxyl groups excluding tert-OH is 1. The van der Waals surface area contributed by atoms with Crippen LogP contribution in [0.2, 0.25) is 5.02 Å². The summed E-state index contributed by atoms with van der Waals surface area (Å²) in [6, 6.07) is 6.64. The molecular weight excluding hydrogens is 434 g/mol. The molecule has 2 aromatic rings. The first kappa shape index (κ1) is 25.8. The Bertz CT molecular complexity index is 944. The van der Waals surface area contributed by atoms with Crippen LogP contribution in [0.25, 0.3) is 5.69 Å². The lowest BCUT2D eigenvalue weighted by Crippen LogP contribution is -2.27. The topological polar surface area (TPSA) is 67.2 Å². The lowest BCUT2D eigenvalue weighted by molar-refractivity contribution is 0.0939. The first-order valence-electron chi connectivity index (χ1n) is 12.2. The van der Waals surface area contributed by atoms with E-state index in [4.69, 9.17) is 21.8 Å². The zero-order chi connectivity index (χ0) is 24.4. The molecule has 1 aromatic heterocycles. The molecule has 6 heteroatoms. The number of halogens is 1. The van der Waals surface area contributed by atoms with E-state index in [1.54, 1.807) is 0 Å². The lowest BCUT2D eigenvalue weighted by Gasteiger charge is -2.27. The predicted molar refractivity (Wildman–Crippen MR) is 136 cm³/mol. The molecular formula is C27H40ClN3O2. The number of hydrogen-bond acceptors (Lipinski definition) is 3. The molecule has 0 unspecified atom stereocenters. The molecule has 0 spiro atoms. The van der Waals surface area contributed by atoms with E-state index in [-0.39, 0.29) is 35.6 Å². The summed E-state index contributed by atoms with van der Waals surface area (Å²) < 4.78 is 1.90. The first-order chi connectivity index (χ1) is 15.4. The highest BCUT2D eigenvalue weighted by Gasteiger charge is 2.27. The number of nitrogens with zero attached hydrogens (tertiary/aromatic N) is 2. The number of nitrogens with one attached hydrogen (secondary N) is 1. The van der Waals surface area contributed by atoms with Crippen LogP contribution in [0, 0.1) is 5.92 Å². The fourth-order valence-electron chi connectivity index (χ4n) is 4.49. The zero-order valence-electron chi connectivity index (χ0n) is 21.1. The second-order valence-corrected chi connectivity index (χ2v) is 11.9. The summed E-state index contributed by atoms with van der Waals surface area (Å²) in [6.07, 6.45) is 6.96. The summed E-state index contributed by atoms with van der Waals surface area (Å²) in [6.45, 7) is 13.3. The van der Waals surface area contributed by atoms with Crippen LogP contribution in [0.5, 0.6) is 0 Å². The van der Waals surface area contributed by atoms with Gasteiger partial charge in [0.1, 0.15) is 0 Å². The van der Waals surface area contributed by atoms with Crippen molar-refractivity contribution in [3.05, 3.63) is 45.7 Å². The van der Waals surface area contributed by atoms with Gasteiger partial charge < -0.3 is 10.4 Å². The maximum absolute atomic E-state index is 12.8. The van der Waals surface area contributed by atoms with Crippen molar-refractivity contribution >= 4 is 17.5 Å². The Hall–Kier alpha value is -1.85. The Morgan fingerprint density at radius 2 is 1.64 bits per heavy atom. The highest BCUT2D eigenvalue weighted by Crippen LogP contribution is 2.35. The summed E-state index contributed by atoms with van der Waals surface area (Å²) >= 11 is 6.83. The first-order valence-corrected chi connectivity index (χ1v) is 12.6. The van der Waals surface area contributed by atoms with Crippen LogP contribution in [0.4, 0.5) is 0 Å². The number of benzene rings is 1. The standard InChI is InChI=1S/C27H40ClN3O2/c1-26(2,3)19-15-20(27(4,5)6)17-21(16-19)31-22(14-18-10-8-7-9-11-18)23(28)24(30-31)25(33)29-12-13-32/h15-18,32H,7-14H2,1-6H3,(H,29,33). The Balaban J connectivity index is 2.16. The van der Waals surface area contributed by atoms with E-state index < -0.39 is 0 Å². The van der Waals surface area contributed by atoms with Crippen LogP contribution in [-0.2, 0) is 17.3 Å². The number of carbonyl (C=O) groups is 1. The number of aliphatic hydroxyl groups is 1. The summed E-state index contributed by atoms with van der Waals surface area (Å²) in [4.78, 5) is 12.8. The minimum Gasteiger partial charge on any atom is -0.395 e. The molecule has 1 saturated carbocycles. The van der Waals surface area contributed by atoms with Crippen LogP contribution in [0.15, 0.2) is 18.2 Å². The van der Waals surface area contributed by atoms with Gasteiger partial charge in [0.15, 0.2) is 5.69 Å². The average molecular weight is 474 g/mol. The molecule has 1 amide bonds. The van der Waals surface area contributed by atoms with E-state index in [9.17, 15) is 4.79 Å². The van der Waals surface area contributed by atoms with Gasteiger partial charge in [-0.3, -0.25) is 4.79 Å². The molecule has 0 saturated heterocycles. The van der Waals surface area contributed by atoms with Gasteiger partial charge in [-0.2, -0.15) is 5.10 Å². The molecule has 2 N–H and O–H groups in total. The predicted octanol–water partition coefficient (Wildman–Crippen LogP) is 5.97. The fourth-order valence-corrected chi connectivity index (χ4v) is 4.77. The smallest absolute Gasteiger partial charge is 0.273 e. The van der Waals surface area contributed by atoms with Crippen molar-refractivity contribution in [3.63, 3.8) is 0 Å². The Labute approximate surface area is 203 Å². The summed E-state index contributed by atoms with van der Waals surface area (Å²) in [7, 11) is 0. The van der Waals surface area contributed by atoms with Gasteiger partial charge in [-0.05, 0) is 46.4 Å². The summed E-state index contributed by atoms with van der Waals surface area (Å²) in [5, 5.41) is 17.0. The van der Waals surface area contributed by atoms with Crippen molar-refractivity contribution in [3.8, 4) is 5.69 Å². The Morgan fingerprint density at radius 1 is 1.06 bits per heavy atom. The number of amides is 1. The van der Waals surface area contributed by atoms with E-state index in [0.29, 0.717) is 10.9 Å². The van der Waals surface area contributed by atoms with Crippen molar-refractivity contribution in [2.24, 2.45) is 5.92 Å². The van der Waals surface area contributed by atoms with Crippen molar-refractivity contribution in [1.82, 2.24) is 15.1 Å². The van der Waals surface area contributed by atoms with E-state index in [1.165, 1.54) is 43.2 Å². The van der Waals surface area contributed by atoms with E-state index in [0.717, 1.165) is 17.8 Å². The molecule has 5 nitrogen and oxygen atoms in total. The van der Waals surface area contributed by atoms with Crippen molar-refractivity contribution in [2.75, 3.05) is 13.2 Å². The molecule has 1 aliphatic rings. The maximum atomic E-state index is 12.8. The van der Waals surface area contributed by atoms with Crippen LogP contribution in [-0.4, -0.2) is 33.9 Å². The lowest BCUT2D eigenvalue weighted by atomic mass is 9.80. The van der Waals surface area contributed by atoms with Gasteiger partial charge in [-0.15, -0.1) is 0 Å². The maximum Gasteiger partial charge on any atom is 0.273 e. The summed E-state index contributed by atoms with van der Waals surface area (Å²) in [5.74, 6) is 0.202. The molecule has 182 valence electrons. The molecule has 1 fully saturated rings. The zero-order valence-corrected chi connectivity index (χ0v) is 21.9. The largest absolute Gasteiger partial charge is 0.395 e. The van der Waals surface area contributed by atoms with Gasteiger partial charge in [0.25, 0.3) is 5.91 Å². The molecule has 0 aliphatic heterocycles. The Kier molecular flexibility index (Phi) is 7.95. The minimum atomic E-state index is -0.347. The van der Waals surface area contributed by atoms with Crippen LogP contribution >= 0.6 is 11.6 Å². The van der Waals surface area contributed by atoms with E-state index in [1.807, 2.05) is 4.68 Å². The summed E-state index contributed by atoms with van der Waals surface area (Å²) in [5.41, 5.74) is 4.48. The van der Waals surface area contributed by atoms with Gasteiger partial charge in [-0.1, -0.05) is 91.3 Å². The highest BCUT2D eigenvalue weighted by atomic mass is 35.5. The van der Waals surface area contributed by atoms with Crippen molar-refractivity contribution in [2.45, 2.75) is 90.9 Å². The second kappa shape index (κ2) is 10.2. The van der Waals surface area contributed by atoms with Crippen LogP contribution < -0.4 is 5.32 Å². The SMILES string of the molecule is CC(C)(C)c1cc(-n2nc(C(=O)NCCO)c(Cl)c2CC2CCCCC2)cc(C(C)(C)C)c1. The minimum absolute atomic E-state index is 0.0299. The Morgan fingerprint density at radius 3 is 2.15 bits per heavy atom. The molecule has 3 rings (SSSR count). The normalized spacial score (nSPS) is 15.6. The fraction of sp³-hybridized carbons (Fsp3) is 0.630.